The minimum atomic E-state index is -0.462. The van der Waals surface area contributed by atoms with E-state index in [9.17, 15) is 15.0 Å². The Hall–Kier alpha value is -2.69. The van der Waals surface area contributed by atoms with Crippen LogP contribution in [0, 0.1) is 6.92 Å². The van der Waals surface area contributed by atoms with Crippen molar-refractivity contribution in [3.8, 4) is 17.2 Å². The van der Waals surface area contributed by atoms with Gasteiger partial charge in [-0.05, 0) is 36.8 Å². The number of hydrogen-bond donors (Lipinski definition) is 3. The highest BCUT2D eigenvalue weighted by Crippen LogP contribution is 2.27. The van der Waals surface area contributed by atoms with Gasteiger partial charge in [-0.15, -0.1) is 0 Å². The van der Waals surface area contributed by atoms with Crippen LogP contribution in [-0.4, -0.2) is 29.3 Å². The monoisotopic (exact) mass is 287 g/mol. The first kappa shape index (κ1) is 14.7. The van der Waals surface area contributed by atoms with Crippen LogP contribution in [0.1, 0.15) is 15.9 Å². The summed E-state index contributed by atoms with van der Waals surface area (Å²) in [5, 5.41) is 21.5. The largest absolute Gasteiger partial charge is 0.504 e. The Morgan fingerprint density at radius 1 is 1.19 bits per heavy atom. The summed E-state index contributed by atoms with van der Waals surface area (Å²) in [7, 11) is 0. The summed E-state index contributed by atoms with van der Waals surface area (Å²) in [6, 6.07) is 11.9. The van der Waals surface area contributed by atoms with Crippen LogP contribution in [0.5, 0.6) is 17.2 Å². The lowest BCUT2D eigenvalue weighted by atomic mass is 10.1. The van der Waals surface area contributed by atoms with Crippen LogP contribution in [0.15, 0.2) is 42.5 Å². The third-order valence-electron chi connectivity index (χ3n) is 2.91. The van der Waals surface area contributed by atoms with Crippen LogP contribution in [0.4, 0.5) is 0 Å². The number of para-hydroxylation sites is 1. The number of carbonyl (C=O) groups excluding carboxylic acids is 1. The summed E-state index contributed by atoms with van der Waals surface area (Å²) < 4.78 is 5.50. The highest BCUT2D eigenvalue weighted by Gasteiger charge is 2.13. The fourth-order valence-corrected chi connectivity index (χ4v) is 1.85. The molecule has 0 saturated heterocycles. The van der Waals surface area contributed by atoms with E-state index in [2.05, 4.69) is 5.32 Å². The number of ether oxygens (including phenoxy) is 1. The zero-order valence-electron chi connectivity index (χ0n) is 11.7. The second-order valence-corrected chi connectivity index (χ2v) is 4.59. The van der Waals surface area contributed by atoms with Gasteiger partial charge in [-0.25, -0.2) is 0 Å². The molecule has 2 aromatic carbocycles. The molecule has 0 aromatic heterocycles. The molecule has 0 saturated carbocycles. The van der Waals surface area contributed by atoms with Gasteiger partial charge in [-0.3, -0.25) is 4.79 Å². The molecule has 0 radical (unpaired) electrons. The molecule has 0 bridgehead atoms. The van der Waals surface area contributed by atoms with Gasteiger partial charge in [0.15, 0.2) is 11.5 Å². The normalized spacial score (nSPS) is 10.1. The molecule has 0 spiro atoms. The molecule has 110 valence electrons. The minimum Gasteiger partial charge on any atom is -0.504 e. The first-order valence-electron chi connectivity index (χ1n) is 6.56. The lowest BCUT2D eigenvalue weighted by molar-refractivity contribution is 0.0943. The molecule has 0 atom stereocenters. The molecule has 0 aliphatic carbocycles. The standard InChI is InChI=1S/C16H17NO4/c1-11-4-2-5-12(10-11)21-9-8-17-16(20)13-6-3-7-14(18)15(13)19/h2-7,10,18-19H,8-9H2,1H3,(H,17,20). The van der Waals surface area contributed by atoms with Crippen LogP contribution in [0.25, 0.3) is 0 Å². The summed E-state index contributed by atoms with van der Waals surface area (Å²) in [5.41, 5.74) is 1.13. The summed E-state index contributed by atoms with van der Waals surface area (Å²) in [5.74, 6) is -0.464. The Kier molecular flexibility index (Phi) is 4.66. The molecule has 0 aliphatic rings. The van der Waals surface area contributed by atoms with E-state index in [1.165, 1.54) is 18.2 Å². The van der Waals surface area contributed by atoms with Gasteiger partial charge in [0.05, 0.1) is 12.1 Å². The molecule has 5 heteroatoms. The second-order valence-electron chi connectivity index (χ2n) is 4.59. The maximum absolute atomic E-state index is 11.8. The topological polar surface area (TPSA) is 78.8 Å². The van der Waals surface area contributed by atoms with Crippen LogP contribution in [0.3, 0.4) is 0 Å². The van der Waals surface area contributed by atoms with Crippen LogP contribution in [-0.2, 0) is 0 Å². The maximum Gasteiger partial charge on any atom is 0.255 e. The summed E-state index contributed by atoms with van der Waals surface area (Å²) in [6.07, 6.45) is 0. The van der Waals surface area contributed by atoms with Crippen molar-refractivity contribution in [1.29, 1.82) is 0 Å². The number of rotatable bonds is 5. The van der Waals surface area contributed by atoms with Crippen molar-refractivity contribution in [2.75, 3.05) is 13.2 Å². The average Bonchev–Trinajstić information content (AvgIpc) is 2.46. The number of nitrogens with one attached hydrogen (secondary N) is 1. The van der Waals surface area contributed by atoms with Gasteiger partial charge in [-0.1, -0.05) is 18.2 Å². The molecule has 0 heterocycles. The van der Waals surface area contributed by atoms with E-state index in [-0.39, 0.29) is 11.3 Å². The third-order valence-corrected chi connectivity index (χ3v) is 2.91. The van der Waals surface area contributed by atoms with Gasteiger partial charge >= 0.3 is 0 Å². The Morgan fingerprint density at radius 3 is 2.71 bits per heavy atom. The Labute approximate surface area is 122 Å². The number of hydrogen-bond acceptors (Lipinski definition) is 4. The lowest BCUT2D eigenvalue weighted by Crippen LogP contribution is -2.28. The highest BCUT2D eigenvalue weighted by atomic mass is 16.5. The molecular weight excluding hydrogens is 270 g/mol. The van der Waals surface area contributed by atoms with Crippen LogP contribution in [0.2, 0.25) is 0 Å². The minimum absolute atomic E-state index is 0.0329. The molecule has 2 aromatic rings. The lowest BCUT2D eigenvalue weighted by Gasteiger charge is -2.09. The number of aryl methyl sites for hydroxylation is 1. The molecule has 5 nitrogen and oxygen atoms in total. The molecule has 0 unspecified atom stereocenters. The number of phenolic OH excluding ortho intramolecular Hbond substituents is 2. The van der Waals surface area contributed by atoms with E-state index in [1.807, 2.05) is 31.2 Å². The molecule has 3 N–H and O–H groups in total. The quantitative estimate of drug-likeness (QED) is 0.582. The van der Waals surface area contributed by atoms with E-state index in [0.717, 1.165) is 11.3 Å². The van der Waals surface area contributed by atoms with Gasteiger partial charge in [0.25, 0.3) is 5.91 Å². The SMILES string of the molecule is Cc1cccc(OCCNC(=O)c2cccc(O)c2O)c1. The third kappa shape index (κ3) is 3.89. The molecule has 2 rings (SSSR count). The van der Waals surface area contributed by atoms with E-state index < -0.39 is 11.7 Å². The van der Waals surface area contributed by atoms with Gasteiger partial charge in [-0.2, -0.15) is 0 Å². The van der Waals surface area contributed by atoms with Crippen molar-refractivity contribution in [3.63, 3.8) is 0 Å². The van der Waals surface area contributed by atoms with Gasteiger partial charge in [0.1, 0.15) is 12.4 Å². The zero-order valence-corrected chi connectivity index (χ0v) is 11.7. The Balaban J connectivity index is 1.83. The van der Waals surface area contributed by atoms with E-state index in [0.29, 0.717) is 13.2 Å². The van der Waals surface area contributed by atoms with Gasteiger partial charge in [0.2, 0.25) is 0 Å². The predicted molar refractivity (Wildman–Crippen MR) is 78.8 cm³/mol. The van der Waals surface area contributed by atoms with E-state index in [1.54, 1.807) is 0 Å². The van der Waals surface area contributed by atoms with Crippen molar-refractivity contribution >= 4 is 5.91 Å². The number of phenols is 2. The fourth-order valence-electron chi connectivity index (χ4n) is 1.85. The van der Waals surface area contributed by atoms with Crippen molar-refractivity contribution in [3.05, 3.63) is 53.6 Å². The fraction of sp³-hybridized carbons (Fsp3) is 0.188. The number of amides is 1. The number of carbonyl (C=O) groups is 1. The maximum atomic E-state index is 11.8. The first-order chi connectivity index (χ1) is 10.1. The van der Waals surface area contributed by atoms with Gasteiger partial charge < -0.3 is 20.3 Å². The highest BCUT2D eigenvalue weighted by molar-refractivity contribution is 5.97. The van der Waals surface area contributed by atoms with Crippen LogP contribution < -0.4 is 10.1 Å². The van der Waals surface area contributed by atoms with Crippen molar-refractivity contribution < 1.29 is 19.7 Å². The Morgan fingerprint density at radius 2 is 1.95 bits per heavy atom. The van der Waals surface area contributed by atoms with Crippen molar-refractivity contribution in [2.24, 2.45) is 0 Å². The average molecular weight is 287 g/mol. The van der Waals surface area contributed by atoms with Gasteiger partial charge in [0, 0.05) is 0 Å². The second kappa shape index (κ2) is 6.65. The predicted octanol–water partition coefficient (Wildman–Crippen LogP) is 2.22. The summed E-state index contributed by atoms with van der Waals surface area (Å²) in [6.45, 7) is 2.58. The van der Waals surface area contributed by atoms with Crippen molar-refractivity contribution in [2.45, 2.75) is 6.92 Å². The smallest absolute Gasteiger partial charge is 0.255 e. The molecule has 21 heavy (non-hydrogen) atoms. The molecule has 0 aliphatic heterocycles. The number of benzene rings is 2. The van der Waals surface area contributed by atoms with Crippen molar-refractivity contribution in [1.82, 2.24) is 5.32 Å². The van der Waals surface area contributed by atoms with E-state index >= 15 is 0 Å². The Bertz CT molecular complexity index is 640. The molecule has 0 fully saturated rings. The first-order valence-corrected chi connectivity index (χ1v) is 6.56. The van der Waals surface area contributed by atoms with E-state index in [4.69, 9.17) is 4.74 Å². The summed E-state index contributed by atoms with van der Waals surface area (Å²) >= 11 is 0. The zero-order chi connectivity index (χ0) is 15.2. The van der Waals surface area contributed by atoms with Crippen LogP contribution >= 0.6 is 0 Å². The molecular formula is C16H17NO4. The number of aromatic hydroxyl groups is 2. The summed E-state index contributed by atoms with van der Waals surface area (Å²) in [4.78, 5) is 11.8. The molecule has 1 amide bonds.